The number of rotatable bonds is 2. The fourth-order valence-electron chi connectivity index (χ4n) is 8.01. The van der Waals surface area contributed by atoms with Gasteiger partial charge in [0.15, 0.2) is 5.58 Å². The number of para-hydroxylation sites is 3. The summed E-state index contributed by atoms with van der Waals surface area (Å²) in [5.41, 5.74) is 14.2. The summed E-state index contributed by atoms with van der Waals surface area (Å²) >= 11 is 0. The molecule has 0 unspecified atom stereocenters. The maximum atomic E-state index is 6.78. The summed E-state index contributed by atoms with van der Waals surface area (Å²) in [7, 11) is 0. The van der Waals surface area contributed by atoms with Crippen molar-refractivity contribution >= 4 is 60.4 Å². The van der Waals surface area contributed by atoms with E-state index in [0.717, 1.165) is 60.9 Å². The van der Waals surface area contributed by atoms with E-state index in [9.17, 15) is 0 Å². The highest BCUT2D eigenvalue weighted by atomic mass is 16.3. The van der Waals surface area contributed by atoms with Crippen molar-refractivity contribution in [3.63, 3.8) is 0 Å². The van der Waals surface area contributed by atoms with Crippen molar-refractivity contribution in [2.75, 3.05) is 0 Å². The third-order valence-electron chi connectivity index (χ3n) is 11.1. The zero-order chi connectivity index (χ0) is 37.7. The van der Waals surface area contributed by atoms with Crippen molar-refractivity contribution in [1.29, 1.82) is 0 Å². The van der Waals surface area contributed by atoms with Gasteiger partial charge in [-0.3, -0.25) is 0 Å². The molecular formula is C50H49N3O. The maximum absolute atomic E-state index is 6.78. The van der Waals surface area contributed by atoms with E-state index in [2.05, 4.69) is 203 Å². The number of benzene rings is 6. The van der Waals surface area contributed by atoms with Crippen LogP contribution in [0.15, 0.2) is 138 Å². The molecule has 4 heteroatoms. The van der Waals surface area contributed by atoms with E-state index >= 15 is 0 Å². The molecule has 0 atom stereocenters. The van der Waals surface area contributed by atoms with Crippen molar-refractivity contribution < 1.29 is 4.42 Å². The van der Waals surface area contributed by atoms with Gasteiger partial charge in [0.25, 0.3) is 0 Å². The Hall–Kier alpha value is -5.74. The monoisotopic (exact) mass is 707 g/mol. The summed E-state index contributed by atoms with van der Waals surface area (Å²) < 4.78 is 14.1. The van der Waals surface area contributed by atoms with Gasteiger partial charge in [-0.25, -0.2) is 0 Å². The van der Waals surface area contributed by atoms with E-state index in [4.69, 9.17) is 4.42 Å². The van der Waals surface area contributed by atoms with E-state index < -0.39 is 0 Å². The molecule has 0 radical (unpaired) electrons. The second-order valence-electron chi connectivity index (χ2n) is 18.1. The van der Waals surface area contributed by atoms with Crippen LogP contribution in [0.25, 0.3) is 71.8 Å². The molecule has 6 aromatic carbocycles. The van der Waals surface area contributed by atoms with Crippen molar-refractivity contribution in [2.45, 2.75) is 78.6 Å². The summed E-state index contributed by atoms with van der Waals surface area (Å²) in [4.78, 5) is 0. The van der Waals surface area contributed by atoms with E-state index in [1.165, 1.54) is 27.6 Å². The maximum Gasteiger partial charge on any atom is 0.159 e. The van der Waals surface area contributed by atoms with Gasteiger partial charge < -0.3 is 18.0 Å². The molecule has 6 bridgehead atoms. The summed E-state index contributed by atoms with van der Waals surface area (Å²) in [6.07, 6.45) is 2.34. The van der Waals surface area contributed by atoms with Crippen LogP contribution in [-0.2, 0) is 16.2 Å². The van der Waals surface area contributed by atoms with Crippen LogP contribution in [0.2, 0.25) is 0 Å². The van der Waals surface area contributed by atoms with E-state index in [1.54, 1.807) is 0 Å². The van der Waals surface area contributed by atoms with Gasteiger partial charge in [-0.1, -0.05) is 123 Å². The van der Waals surface area contributed by atoms with E-state index in [1.807, 2.05) is 6.07 Å². The minimum Gasteiger partial charge on any atom is -0.454 e. The standard InChI is InChI=1S/C50H49N3O/c1-48(2,3)32-21-23-35(24-22-32)52-38-27-34(50(7,8)9)28-39(30-38)53(44-19-14-17-41-40-15-11-13-20-46(40)54-47(41)44)37-26-33(49(4,5)6)25-36(29-37)51-31-45(52)42-16-10-12-18-43(42)51/h10-31H,1-9H3. The predicted molar refractivity (Wildman–Crippen MR) is 230 cm³/mol. The minimum atomic E-state index is -0.129. The summed E-state index contributed by atoms with van der Waals surface area (Å²) in [6, 6.07) is 47.2. The number of hydrogen-bond acceptors (Lipinski definition) is 1. The predicted octanol–water partition coefficient (Wildman–Crippen LogP) is 13.9. The first-order valence-corrected chi connectivity index (χ1v) is 19.2. The molecule has 3 heterocycles. The average Bonchev–Trinajstić information content (AvgIpc) is 3.70. The Morgan fingerprint density at radius 2 is 0.963 bits per heavy atom. The first-order chi connectivity index (χ1) is 25.6. The van der Waals surface area contributed by atoms with E-state index in [0.29, 0.717) is 0 Å². The fourth-order valence-corrected chi connectivity index (χ4v) is 8.01. The highest BCUT2D eigenvalue weighted by Crippen LogP contribution is 2.38. The summed E-state index contributed by atoms with van der Waals surface area (Å²) in [6.45, 7) is 20.7. The zero-order valence-corrected chi connectivity index (χ0v) is 33.0. The Labute approximate surface area is 317 Å². The van der Waals surface area contributed by atoms with Crippen LogP contribution in [-0.4, -0.2) is 13.5 Å². The second kappa shape index (κ2) is 11.9. The van der Waals surface area contributed by atoms with E-state index in [-0.39, 0.29) is 16.2 Å². The molecule has 54 heavy (non-hydrogen) atoms. The lowest BCUT2D eigenvalue weighted by Gasteiger charge is -2.23. The van der Waals surface area contributed by atoms with Gasteiger partial charge in [0, 0.05) is 50.1 Å². The second-order valence-corrected chi connectivity index (χ2v) is 18.1. The van der Waals surface area contributed by atoms with Gasteiger partial charge >= 0.3 is 0 Å². The smallest absolute Gasteiger partial charge is 0.159 e. The molecular weight excluding hydrogens is 659 g/mol. The lowest BCUT2D eigenvalue weighted by Crippen LogP contribution is -2.13. The molecule has 0 aliphatic heterocycles. The molecule has 0 spiro atoms. The average molecular weight is 708 g/mol. The Bertz CT molecular complexity index is 2980. The van der Waals surface area contributed by atoms with Crippen LogP contribution in [0.4, 0.5) is 0 Å². The normalized spacial score (nSPS) is 12.9. The van der Waals surface area contributed by atoms with Gasteiger partial charge in [-0.2, -0.15) is 0 Å². The molecule has 270 valence electrons. The molecule has 0 amide bonds. The molecule has 3 aromatic heterocycles. The van der Waals surface area contributed by atoms with Crippen molar-refractivity contribution in [1.82, 2.24) is 13.5 Å². The third kappa shape index (κ3) is 5.58. The molecule has 0 saturated carbocycles. The van der Waals surface area contributed by atoms with Crippen LogP contribution in [0.5, 0.6) is 0 Å². The Kier molecular flexibility index (Phi) is 7.49. The number of fused-ring (bicyclic) bond motifs is 13. The molecule has 0 saturated heterocycles. The van der Waals surface area contributed by atoms with Crippen LogP contribution in [0.1, 0.15) is 79.0 Å². The first kappa shape index (κ1) is 34.1. The van der Waals surface area contributed by atoms with Gasteiger partial charge in [0.1, 0.15) is 5.58 Å². The molecule has 9 rings (SSSR count). The topological polar surface area (TPSA) is 27.4 Å². The van der Waals surface area contributed by atoms with Gasteiger partial charge in [0.05, 0.1) is 16.7 Å². The van der Waals surface area contributed by atoms with Crippen molar-refractivity contribution in [3.05, 3.63) is 150 Å². The molecule has 9 aromatic rings. The van der Waals surface area contributed by atoms with Crippen LogP contribution in [0.3, 0.4) is 0 Å². The third-order valence-corrected chi connectivity index (χ3v) is 11.1. The minimum absolute atomic E-state index is 0.0460. The van der Waals surface area contributed by atoms with Gasteiger partial charge in [0.2, 0.25) is 0 Å². The van der Waals surface area contributed by atoms with Crippen molar-refractivity contribution in [2.24, 2.45) is 0 Å². The number of nitrogens with zero attached hydrogens (tertiary/aromatic N) is 3. The Balaban J connectivity index is 1.58. The molecule has 0 aliphatic rings. The largest absolute Gasteiger partial charge is 0.454 e. The number of hydrogen-bond donors (Lipinski definition) is 0. The summed E-state index contributed by atoms with van der Waals surface area (Å²) in [5.74, 6) is 0. The number of furan rings is 1. The van der Waals surface area contributed by atoms with Crippen LogP contribution < -0.4 is 0 Å². The Morgan fingerprint density at radius 1 is 0.426 bits per heavy atom. The van der Waals surface area contributed by atoms with Crippen LogP contribution >= 0.6 is 0 Å². The fraction of sp³-hybridized carbons (Fsp3) is 0.240. The zero-order valence-electron chi connectivity index (χ0n) is 33.0. The van der Waals surface area contributed by atoms with Crippen molar-refractivity contribution in [3.8, 4) is 11.4 Å². The quantitative estimate of drug-likeness (QED) is 0.176. The molecule has 0 fully saturated rings. The summed E-state index contributed by atoms with van der Waals surface area (Å²) in [5, 5.41) is 3.43. The SMILES string of the molecule is CC(C)(C)c1ccc(-n2c3cc(C(C)(C)C)cc(c3)n(-c3cccc4c3oc3ccccc34)c3cc(C(C)(C)C)cc(c3)n3cc2c2ccccc23)cc1. The molecule has 0 N–H and O–H groups in total. The number of aromatic nitrogens is 3. The first-order valence-electron chi connectivity index (χ1n) is 19.2. The molecule has 0 aliphatic carbocycles. The highest BCUT2D eigenvalue weighted by Gasteiger charge is 2.22. The Morgan fingerprint density at radius 3 is 1.61 bits per heavy atom. The lowest BCUT2D eigenvalue weighted by molar-refractivity contribution is 0.590. The van der Waals surface area contributed by atoms with Gasteiger partial charge in [-0.15, -0.1) is 0 Å². The van der Waals surface area contributed by atoms with Gasteiger partial charge in [-0.05, 0) is 99.7 Å². The molecule has 4 nitrogen and oxygen atoms in total. The highest BCUT2D eigenvalue weighted by molar-refractivity contribution is 6.08. The van der Waals surface area contributed by atoms with Crippen LogP contribution in [0, 0.1) is 0 Å². The lowest BCUT2D eigenvalue weighted by atomic mass is 9.86.